The van der Waals surface area contributed by atoms with Gasteiger partial charge in [0.2, 0.25) is 0 Å². The molecule has 1 N–H and O–H groups in total. The van der Waals surface area contributed by atoms with Crippen LogP contribution in [0.25, 0.3) is 10.8 Å². The van der Waals surface area contributed by atoms with Crippen molar-refractivity contribution in [2.24, 2.45) is 0 Å². The van der Waals surface area contributed by atoms with E-state index in [1.54, 1.807) is 6.07 Å². The molecule has 0 aliphatic carbocycles. The molecular formula is C14H9F5O5S. The van der Waals surface area contributed by atoms with Crippen molar-refractivity contribution in [3.05, 3.63) is 48.0 Å². The van der Waals surface area contributed by atoms with E-state index in [1.807, 2.05) is 0 Å². The fourth-order valence-corrected chi connectivity index (χ4v) is 2.49. The fraction of sp³-hybridized carbons (Fsp3) is 0.214. The predicted octanol–water partition coefficient (Wildman–Crippen LogP) is 3.41. The standard InChI is InChI=1S/C14H9F5O5S/c15-13(16,17)12(14(18,19)25(21,22)23)24-11(20)10-7-3-5-8-4-1-2-6-9(8)10/h1-7,12H,(H,21,22,23). The molecule has 0 bridgehead atoms. The third-order valence-electron chi connectivity index (χ3n) is 3.18. The Balaban J connectivity index is 2.48. The number of esters is 1. The zero-order valence-corrected chi connectivity index (χ0v) is 12.8. The molecule has 0 aliphatic rings. The van der Waals surface area contributed by atoms with Crippen molar-refractivity contribution in [1.82, 2.24) is 0 Å². The van der Waals surface area contributed by atoms with Crippen LogP contribution >= 0.6 is 0 Å². The SMILES string of the molecule is O=C(OC(C(F)(F)F)C(F)(F)S(=O)(=O)O)c1cccc2ccccc12. The lowest BCUT2D eigenvalue weighted by molar-refractivity contribution is -0.247. The molecule has 11 heteroatoms. The van der Waals surface area contributed by atoms with Gasteiger partial charge in [0.05, 0.1) is 5.56 Å². The molecule has 2 aromatic rings. The van der Waals surface area contributed by atoms with Gasteiger partial charge in [0.1, 0.15) is 0 Å². The molecule has 1 atom stereocenters. The lowest BCUT2D eigenvalue weighted by atomic mass is 10.0. The summed E-state index contributed by atoms with van der Waals surface area (Å²) in [5, 5.41) is -5.24. The van der Waals surface area contributed by atoms with E-state index in [1.165, 1.54) is 30.3 Å². The van der Waals surface area contributed by atoms with Crippen molar-refractivity contribution in [2.75, 3.05) is 0 Å². The minimum Gasteiger partial charge on any atom is -0.441 e. The van der Waals surface area contributed by atoms with Crippen LogP contribution < -0.4 is 0 Å². The number of fused-ring (bicyclic) bond motifs is 1. The molecule has 0 saturated heterocycles. The summed E-state index contributed by atoms with van der Waals surface area (Å²) in [5.74, 6) is -1.82. The number of halogens is 5. The summed E-state index contributed by atoms with van der Waals surface area (Å²) in [6.45, 7) is 0. The number of ether oxygens (including phenoxy) is 1. The highest BCUT2D eigenvalue weighted by atomic mass is 32.2. The van der Waals surface area contributed by atoms with E-state index in [0.717, 1.165) is 6.07 Å². The summed E-state index contributed by atoms with van der Waals surface area (Å²) >= 11 is 0. The van der Waals surface area contributed by atoms with Crippen LogP contribution in [0.15, 0.2) is 42.5 Å². The first-order chi connectivity index (χ1) is 11.4. The third-order valence-corrected chi connectivity index (χ3v) is 4.08. The fourth-order valence-electron chi connectivity index (χ4n) is 2.04. The maximum Gasteiger partial charge on any atom is 0.432 e. The van der Waals surface area contributed by atoms with Gasteiger partial charge in [-0.1, -0.05) is 36.4 Å². The average Bonchev–Trinajstić information content (AvgIpc) is 2.49. The topological polar surface area (TPSA) is 80.7 Å². The molecule has 5 nitrogen and oxygen atoms in total. The minimum absolute atomic E-state index is 0.117. The van der Waals surface area contributed by atoms with Gasteiger partial charge in [-0.15, -0.1) is 0 Å². The Morgan fingerprint density at radius 2 is 1.56 bits per heavy atom. The van der Waals surface area contributed by atoms with Gasteiger partial charge >= 0.3 is 27.5 Å². The van der Waals surface area contributed by atoms with E-state index < -0.39 is 39.2 Å². The number of rotatable bonds is 4. The number of hydrogen-bond acceptors (Lipinski definition) is 4. The summed E-state index contributed by atoms with van der Waals surface area (Å²) in [5.41, 5.74) is -0.474. The number of carbonyl (C=O) groups is 1. The maximum atomic E-state index is 13.4. The van der Waals surface area contributed by atoms with Crippen molar-refractivity contribution in [1.29, 1.82) is 0 Å². The highest BCUT2D eigenvalue weighted by Crippen LogP contribution is 2.38. The quantitative estimate of drug-likeness (QED) is 0.496. The van der Waals surface area contributed by atoms with Gasteiger partial charge in [0, 0.05) is 0 Å². The lowest BCUT2D eigenvalue weighted by Crippen LogP contribution is -2.52. The molecule has 0 radical (unpaired) electrons. The first-order valence-corrected chi connectivity index (χ1v) is 7.90. The summed E-state index contributed by atoms with van der Waals surface area (Å²) in [4.78, 5) is 12.0. The van der Waals surface area contributed by atoms with E-state index in [-0.39, 0.29) is 5.39 Å². The van der Waals surface area contributed by atoms with E-state index >= 15 is 0 Å². The lowest BCUT2D eigenvalue weighted by Gasteiger charge is -2.26. The Kier molecular flexibility index (Phi) is 4.75. The Labute approximate surface area is 137 Å². The van der Waals surface area contributed by atoms with Crippen molar-refractivity contribution in [2.45, 2.75) is 17.5 Å². The van der Waals surface area contributed by atoms with Crippen LogP contribution in [-0.4, -0.2) is 36.5 Å². The molecule has 1 unspecified atom stereocenters. The summed E-state index contributed by atoms with van der Waals surface area (Å²) in [6.07, 6.45) is -10.3. The first kappa shape index (κ1) is 19.1. The average molecular weight is 384 g/mol. The van der Waals surface area contributed by atoms with Gasteiger partial charge < -0.3 is 4.74 Å². The second kappa shape index (κ2) is 6.23. The van der Waals surface area contributed by atoms with Crippen LogP contribution in [0, 0.1) is 0 Å². The maximum absolute atomic E-state index is 13.4. The predicted molar refractivity (Wildman–Crippen MR) is 75.7 cm³/mol. The molecular weight excluding hydrogens is 375 g/mol. The van der Waals surface area contributed by atoms with Crippen molar-refractivity contribution in [3.8, 4) is 0 Å². The molecule has 136 valence electrons. The number of benzene rings is 2. The van der Waals surface area contributed by atoms with Crippen LogP contribution in [-0.2, 0) is 14.9 Å². The molecule has 0 aromatic heterocycles. The smallest absolute Gasteiger partial charge is 0.432 e. The van der Waals surface area contributed by atoms with E-state index in [0.29, 0.717) is 5.39 Å². The van der Waals surface area contributed by atoms with Gasteiger partial charge in [-0.2, -0.15) is 30.4 Å². The zero-order valence-electron chi connectivity index (χ0n) is 12.0. The Morgan fingerprint density at radius 3 is 2.12 bits per heavy atom. The summed E-state index contributed by atoms with van der Waals surface area (Å²) in [6, 6.07) is 9.71. The van der Waals surface area contributed by atoms with E-state index in [4.69, 9.17) is 4.55 Å². The molecule has 0 amide bonds. The van der Waals surface area contributed by atoms with E-state index in [2.05, 4.69) is 4.74 Å². The number of alkyl halides is 5. The van der Waals surface area contributed by atoms with Gasteiger partial charge in [0.25, 0.3) is 6.10 Å². The summed E-state index contributed by atoms with van der Waals surface area (Å²) in [7, 11) is -6.49. The third kappa shape index (κ3) is 3.71. The van der Waals surface area contributed by atoms with Crippen LogP contribution in [0.2, 0.25) is 0 Å². The highest BCUT2D eigenvalue weighted by molar-refractivity contribution is 7.86. The second-order valence-electron chi connectivity index (χ2n) is 4.89. The summed E-state index contributed by atoms with van der Waals surface area (Å²) < 4.78 is 98.6. The van der Waals surface area contributed by atoms with Gasteiger partial charge in [0.15, 0.2) is 0 Å². The number of carbonyl (C=O) groups excluding carboxylic acids is 1. The van der Waals surface area contributed by atoms with E-state index in [9.17, 15) is 35.2 Å². The largest absolute Gasteiger partial charge is 0.441 e. The minimum atomic E-state index is -6.49. The van der Waals surface area contributed by atoms with Gasteiger partial charge in [-0.05, 0) is 16.8 Å². The van der Waals surface area contributed by atoms with Gasteiger partial charge in [-0.3, -0.25) is 4.55 Å². The van der Waals surface area contributed by atoms with Crippen LogP contribution in [0.5, 0.6) is 0 Å². The van der Waals surface area contributed by atoms with Crippen LogP contribution in [0.1, 0.15) is 10.4 Å². The monoisotopic (exact) mass is 384 g/mol. The molecule has 0 fully saturated rings. The molecule has 25 heavy (non-hydrogen) atoms. The van der Waals surface area contributed by atoms with Crippen LogP contribution in [0.4, 0.5) is 22.0 Å². The zero-order chi connectivity index (χ0) is 19.0. The Morgan fingerprint density at radius 1 is 1.00 bits per heavy atom. The van der Waals surface area contributed by atoms with Crippen LogP contribution in [0.3, 0.4) is 0 Å². The van der Waals surface area contributed by atoms with Crippen molar-refractivity contribution in [3.63, 3.8) is 0 Å². The first-order valence-electron chi connectivity index (χ1n) is 6.46. The molecule has 2 rings (SSSR count). The second-order valence-corrected chi connectivity index (χ2v) is 6.38. The molecule has 0 spiro atoms. The highest BCUT2D eigenvalue weighted by Gasteiger charge is 2.66. The Bertz CT molecular complexity index is 902. The Hall–Kier alpha value is -2.27. The van der Waals surface area contributed by atoms with Crippen molar-refractivity contribution >= 4 is 26.9 Å². The van der Waals surface area contributed by atoms with Gasteiger partial charge in [-0.25, -0.2) is 4.79 Å². The molecule has 0 heterocycles. The molecule has 2 aromatic carbocycles. The molecule has 0 saturated carbocycles. The van der Waals surface area contributed by atoms with Crippen molar-refractivity contribution < 1.29 is 44.5 Å². The normalized spacial score (nSPS) is 14.3. The number of hydrogen-bond donors (Lipinski definition) is 1. The molecule has 0 aliphatic heterocycles.